The Bertz CT molecular complexity index is 436. The number of urea groups is 1. The lowest BCUT2D eigenvalue weighted by atomic mass is 9.85. The van der Waals surface area contributed by atoms with Gasteiger partial charge in [-0.15, -0.1) is 0 Å². The summed E-state index contributed by atoms with van der Waals surface area (Å²) in [7, 11) is 0. The molecule has 0 spiro atoms. The molecule has 2 rings (SSSR count). The summed E-state index contributed by atoms with van der Waals surface area (Å²) in [4.78, 5) is 11.9. The zero-order chi connectivity index (χ0) is 15.3. The second-order valence-corrected chi connectivity index (χ2v) is 6.26. The van der Waals surface area contributed by atoms with Crippen molar-refractivity contribution in [2.45, 2.75) is 57.6 Å². The van der Waals surface area contributed by atoms with E-state index >= 15 is 0 Å². The Kier molecular flexibility index (Phi) is 5.28. The fourth-order valence-electron chi connectivity index (χ4n) is 2.93. The molecule has 3 N–H and O–H groups in total. The second kappa shape index (κ2) is 6.98. The molecule has 0 bridgehead atoms. The summed E-state index contributed by atoms with van der Waals surface area (Å²) in [6, 6.07) is 3.35. The van der Waals surface area contributed by atoms with E-state index in [9.17, 15) is 9.90 Å². The first kappa shape index (κ1) is 15.9. The summed E-state index contributed by atoms with van der Waals surface area (Å²) in [6.07, 6.45) is 7.70. The summed E-state index contributed by atoms with van der Waals surface area (Å²) >= 11 is 0. The van der Waals surface area contributed by atoms with Crippen molar-refractivity contribution >= 4 is 6.03 Å². The number of rotatable bonds is 5. The lowest BCUT2D eigenvalue weighted by Gasteiger charge is -2.29. The summed E-state index contributed by atoms with van der Waals surface area (Å²) in [5.41, 5.74) is -1.20. The number of furan rings is 1. The van der Waals surface area contributed by atoms with Crippen LogP contribution in [0.15, 0.2) is 22.8 Å². The van der Waals surface area contributed by atoms with Crippen LogP contribution in [0.5, 0.6) is 0 Å². The maximum atomic E-state index is 11.9. The molecule has 1 aromatic heterocycles. The smallest absolute Gasteiger partial charge is 0.315 e. The number of hydrogen-bond acceptors (Lipinski definition) is 3. The molecule has 2 atom stereocenters. The molecule has 118 valence electrons. The highest BCUT2D eigenvalue weighted by Crippen LogP contribution is 2.26. The third-order valence-electron chi connectivity index (χ3n) is 4.36. The fourth-order valence-corrected chi connectivity index (χ4v) is 2.93. The molecule has 21 heavy (non-hydrogen) atoms. The number of hydrogen-bond donors (Lipinski definition) is 3. The highest BCUT2D eigenvalue weighted by atomic mass is 16.4. The van der Waals surface area contributed by atoms with Crippen LogP contribution in [0.3, 0.4) is 0 Å². The van der Waals surface area contributed by atoms with Crippen molar-refractivity contribution in [1.82, 2.24) is 10.6 Å². The molecular weight excluding hydrogens is 268 g/mol. The Labute approximate surface area is 126 Å². The van der Waals surface area contributed by atoms with Crippen molar-refractivity contribution in [2.24, 2.45) is 5.92 Å². The number of nitrogens with one attached hydrogen (secondary N) is 2. The second-order valence-electron chi connectivity index (χ2n) is 6.26. The predicted octanol–water partition coefficient (Wildman–Crippen LogP) is 2.76. The van der Waals surface area contributed by atoms with Crippen LogP contribution in [0, 0.1) is 5.92 Å². The monoisotopic (exact) mass is 294 g/mol. The molecule has 1 aliphatic rings. The van der Waals surface area contributed by atoms with Gasteiger partial charge in [-0.05, 0) is 44.7 Å². The van der Waals surface area contributed by atoms with E-state index in [2.05, 4.69) is 17.6 Å². The Morgan fingerprint density at radius 3 is 2.81 bits per heavy atom. The van der Waals surface area contributed by atoms with E-state index in [0.29, 0.717) is 11.7 Å². The van der Waals surface area contributed by atoms with Crippen molar-refractivity contribution < 1.29 is 14.3 Å². The standard InChI is InChI=1S/C16H26N2O3/c1-12(13-7-4-3-5-8-13)18-15(19)17-11-16(2,20)14-9-6-10-21-14/h6,9-10,12-13,20H,3-5,7-8,11H2,1-2H3,(H2,17,18,19). The van der Waals surface area contributed by atoms with Crippen LogP contribution >= 0.6 is 0 Å². The van der Waals surface area contributed by atoms with Crippen LogP contribution in [0.25, 0.3) is 0 Å². The van der Waals surface area contributed by atoms with Gasteiger partial charge in [-0.3, -0.25) is 0 Å². The van der Waals surface area contributed by atoms with Gasteiger partial charge in [0, 0.05) is 6.04 Å². The topological polar surface area (TPSA) is 74.5 Å². The van der Waals surface area contributed by atoms with E-state index in [1.54, 1.807) is 19.1 Å². The molecule has 0 aromatic carbocycles. The SMILES string of the molecule is CC(NC(=O)NCC(C)(O)c1ccco1)C1CCCCC1. The largest absolute Gasteiger partial charge is 0.466 e. The number of aliphatic hydroxyl groups is 1. The van der Waals surface area contributed by atoms with E-state index in [1.165, 1.54) is 38.4 Å². The van der Waals surface area contributed by atoms with Crippen LogP contribution in [-0.2, 0) is 5.60 Å². The molecule has 2 amide bonds. The van der Waals surface area contributed by atoms with Crippen molar-refractivity contribution in [2.75, 3.05) is 6.54 Å². The fraction of sp³-hybridized carbons (Fsp3) is 0.688. The van der Waals surface area contributed by atoms with E-state index in [1.807, 2.05) is 0 Å². The van der Waals surface area contributed by atoms with Crippen LogP contribution in [0.2, 0.25) is 0 Å². The molecular formula is C16H26N2O3. The first-order valence-corrected chi connectivity index (χ1v) is 7.80. The molecule has 1 aromatic rings. The van der Waals surface area contributed by atoms with Gasteiger partial charge < -0.3 is 20.2 Å². The van der Waals surface area contributed by atoms with Gasteiger partial charge >= 0.3 is 6.03 Å². The number of amides is 2. The highest BCUT2D eigenvalue weighted by Gasteiger charge is 2.27. The first-order valence-electron chi connectivity index (χ1n) is 7.80. The Morgan fingerprint density at radius 2 is 2.19 bits per heavy atom. The van der Waals surface area contributed by atoms with E-state index in [0.717, 1.165) is 0 Å². The van der Waals surface area contributed by atoms with Crippen molar-refractivity contribution in [3.63, 3.8) is 0 Å². The zero-order valence-corrected chi connectivity index (χ0v) is 12.9. The van der Waals surface area contributed by atoms with Gasteiger partial charge in [0.25, 0.3) is 0 Å². The van der Waals surface area contributed by atoms with Gasteiger partial charge in [0.15, 0.2) is 0 Å². The van der Waals surface area contributed by atoms with Gasteiger partial charge in [-0.1, -0.05) is 19.3 Å². The molecule has 5 nitrogen and oxygen atoms in total. The van der Waals surface area contributed by atoms with Gasteiger partial charge in [0.1, 0.15) is 11.4 Å². The summed E-state index contributed by atoms with van der Waals surface area (Å²) in [6.45, 7) is 3.79. The molecule has 0 saturated heterocycles. The number of carbonyl (C=O) groups is 1. The van der Waals surface area contributed by atoms with Gasteiger partial charge in [-0.2, -0.15) is 0 Å². The molecule has 1 aliphatic carbocycles. The summed E-state index contributed by atoms with van der Waals surface area (Å²) < 4.78 is 5.19. The average molecular weight is 294 g/mol. The molecule has 5 heteroatoms. The molecule has 0 radical (unpaired) electrons. The van der Waals surface area contributed by atoms with Crippen molar-refractivity contribution in [3.05, 3.63) is 24.2 Å². The van der Waals surface area contributed by atoms with Crippen LogP contribution in [-0.4, -0.2) is 23.7 Å². The lowest BCUT2D eigenvalue weighted by Crippen LogP contribution is -2.48. The molecule has 1 saturated carbocycles. The number of carbonyl (C=O) groups excluding carboxylic acids is 1. The average Bonchev–Trinajstić information content (AvgIpc) is 3.01. The minimum absolute atomic E-state index is 0.115. The Balaban J connectivity index is 1.76. The van der Waals surface area contributed by atoms with Crippen molar-refractivity contribution in [3.8, 4) is 0 Å². The predicted molar refractivity (Wildman–Crippen MR) is 80.9 cm³/mol. The van der Waals surface area contributed by atoms with Crippen molar-refractivity contribution in [1.29, 1.82) is 0 Å². The molecule has 2 unspecified atom stereocenters. The third kappa shape index (κ3) is 4.49. The van der Waals surface area contributed by atoms with Gasteiger partial charge in [-0.25, -0.2) is 4.79 Å². The normalized spacial score (nSPS) is 20.5. The van der Waals surface area contributed by atoms with Crippen LogP contribution in [0.1, 0.15) is 51.7 Å². The van der Waals surface area contributed by atoms with E-state index in [-0.39, 0.29) is 18.6 Å². The highest BCUT2D eigenvalue weighted by molar-refractivity contribution is 5.74. The Morgan fingerprint density at radius 1 is 1.48 bits per heavy atom. The minimum Gasteiger partial charge on any atom is -0.466 e. The van der Waals surface area contributed by atoms with Gasteiger partial charge in [0.05, 0.1) is 12.8 Å². The molecule has 1 fully saturated rings. The van der Waals surface area contributed by atoms with E-state index in [4.69, 9.17) is 4.42 Å². The maximum Gasteiger partial charge on any atom is 0.315 e. The summed E-state index contributed by atoms with van der Waals surface area (Å²) in [5, 5.41) is 16.0. The molecule has 0 aliphatic heterocycles. The van der Waals surface area contributed by atoms with Crippen LogP contribution < -0.4 is 10.6 Å². The minimum atomic E-state index is -1.20. The Hall–Kier alpha value is -1.49. The molecule has 1 heterocycles. The van der Waals surface area contributed by atoms with E-state index < -0.39 is 5.60 Å². The third-order valence-corrected chi connectivity index (χ3v) is 4.36. The van der Waals surface area contributed by atoms with Gasteiger partial charge in [0.2, 0.25) is 0 Å². The zero-order valence-electron chi connectivity index (χ0n) is 12.9. The maximum absolute atomic E-state index is 11.9. The first-order chi connectivity index (χ1) is 9.99. The van der Waals surface area contributed by atoms with Crippen LogP contribution in [0.4, 0.5) is 4.79 Å². The summed E-state index contributed by atoms with van der Waals surface area (Å²) in [5.74, 6) is 1.01. The quantitative estimate of drug-likeness (QED) is 0.781. The lowest BCUT2D eigenvalue weighted by molar-refractivity contribution is 0.0366.